The smallest absolute Gasteiger partial charge is 0.254 e. The quantitative estimate of drug-likeness (QED) is 0.578. The molecule has 0 bridgehead atoms. The fraction of sp³-hybridized carbons (Fsp3) is 0.500. The van der Waals surface area contributed by atoms with Crippen LogP contribution >= 0.6 is 23.2 Å². The van der Waals surface area contributed by atoms with Crippen LogP contribution < -0.4 is 5.32 Å². The minimum absolute atomic E-state index is 0.0948. The zero-order chi connectivity index (χ0) is 25.4. The van der Waals surface area contributed by atoms with Gasteiger partial charge in [-0.2, -0.15) is 0 Å². The average molecular weight is 530 g/mol. The first-order chi connectivity index (χ1) is 17.3. The van der Waals surface area contributed by atoms with E-state index >= 15 is 0 Å². The normalized spacial score (nSPS) is 20.4. The number of amides is 2. The average Bonchev–Trinajstić information content (AvgIpc) is 2.81. The number of carbonyl (C=O) groups excluding carboxylic acids is 2. The molecule has 1 aliphatic carbocycles. The summed E-state index contributed by atoms with van der Waals surface area (Å²) in [6.07, 6.45) is 5.00. The Morgan fingerprint density at radius 1 is 1.00 bits per heavy atom. The van der Waals surface area contributed by atoms with Crippen molar-refractivity contribution in [3.05, 3.63) is 63.6 Å². The van der Waals surface area contributed by atoms with E-state index < -0.39 is 0 Å². The molecular formula is C28H34Cl2N4O2. The first kappa shape index (κ1) is 25.4. The van der Waals surface area contributed by atoms with Gasteiger partial charge in [0, 0.05) is 57.0 Å². The summed E-state index contributed by atoms with van der Waals surface area (Å²) < 4.78 is 0. The fourth-order valence-electron chi connectivity index (χ4n) is 5.82. The van der Waals surface area contributed by atoms with Gasteiger partial charge in [0.2, 0.25) is 5.91 Å². The number of halogens is 2. The lowest BCUT2D eigenvalue weighted by Gasteiger charge is -2.49. The Labute approximate surface area is 223 Å². The number of rotatable bonds is 6. The molecule has 2 amide bonds. The van der Waals surface area contributed by atoms with E-state index in [0.717, 1.165) is 69.5 Å². The van der Waals surface area contributed by atoms with Gasteiger partial charge in [0.05, 0.1) is 22.0 Å². The van der Waals surface area contributed by atoms with Crippen LogP contribution in [0.2, 0.25) is 10.0 Å². The van der Waals surface area contributed by atoms with Gasteiger partial charge in [0.1, 0.15) is 0 Å². The Morgan fingerprint density at radius 2 is 1.67 bits per heavy atom. The molecule has 5 rings (SSSR count). The second-order valence-corrected chi connectivity index (χ2v) is 11.5. The third kappa shape index (κ3) is 4.83. The Hall–Kier alpha value is -2.28. The maximum Gasteiger partial charge on any atom is 0.254 e. The lowest BCUT2D eigenvalue weighted by atomic mass is 9.63. The third-order valence-electron chi connectivity index (χ3n) is 8.17. The van der Waals surface area contributed by atoms with Gasteiger partial charge in [0.25, 0.3) is 5.91 Å². The van der Waals surface area contributed by atoms with Crippen molar-refractivity contribution < 1.29 is 9.59 Å². The summed E-state index contributed by atoms with van der Waals surface area (Å²) in [6.45, 7) is 3.60. The molecule has 3 aliphatic rings. The molecule has 2 aliphatic heterocycles. The first-order valence-electron chi connectivity index (χ1n) is 12.8. The van der Waals surface area contributed by atoms with Crippen molar-refractivity contribution >= 4 is 40.7 Å². The van der Waals surface area contributed by atoms with Crippen molar-refractivity contribution in [3.8, 4) is 0 Å². The predicted octanol–water partition coefficient (Wildman–Crippen LogP) is 4.90. The van der Waals surface area contributed by atoms with Gasteiger partial charge in [-0.05, 0) is 61.6 Å². The number of nitrogens with one attached hydrogen (secondary N) is 1. The van der Waals surface area contributed by atoms with Crippen LogP contribution in [0.3, 0.4) is 0 Å². The Morgan fingerprint density at radius 3 is 2.22 bits per heavy atom. The van der Waals surface area contributed by atoms with Crippen LogP contribution in [0, 0.1) is 0 Å². The molecule has 2 heterocycles. The first-order valence-corrected chi connectivity index (χ1v) is 13.6. The van der Waals surface area contributed by atoms with Crippen LogP contribution in [0.1, 0.15) is 48.0 Å². The van der Waals surface area contributed by atoms with Gasteiger partial charge in [-0.3, -0.25) is 14.5 Å². The minimum Gasteiger partial charge on any atom is -0.380 e. The van der Waals surface area contributed by atoms with Gasteiger partial charge in [-0.15, -0.1) is 0 Å². The van der Waals surface area contributed by atoms with Crippen molar-refractivity contribution in [2.75, 3.05) is 45.6 Å². The number of nitrogens with zero attached hydrogens (tertiary/aromatic N) is 3. The highest BCUT2D eigenvalue weighted by molar-refractivity contribution is 6.34. The molecule has 0 aromatic heterocycles. The molecule has 0 spiro atoms. The van der Waals surface area contributed by atoms with E-state index in [4.69, 9.17) is 23.2 Å². The number of hydrogen-bond acceptors (Lipinski definition) is 4. The zero-order valence-corrected chi connectivity index (χ0v) is 22.5. The van der Waals surface area contributed by atoms with E-state index in [2.05, 4.69) is 15.1 Å². The SMILES string of the molecule is CN(C)C(=O)c1ccc(NC2CN(C3CCN(C(=O)C4(c5ccc(Cl)cc5)CCC4)CC3)C2)cc1Cl. The minimum atomic E-state index is -0.350. The maximum atomic E-state index is 13.6. The van der Waals surface area contributed by atoms with Crippen molar-refractivity contribution in [2.24, 2.45) is 0 Å². The van der Waals surface area contributed by atoms with Crippen LogP contribution in [-0.4, -0.2) is 78.9 Å². The molecule has 0 radical (unpaired) electrons. The van der Waals surface area contributed by atoms with E-state index in [0.29, 0.717) is 33.6 Å². The van der Waals surface area contributed by atoms with E-state index in [1.54, 1.807) is 20.2 Å². The van der Waals surface area contributed by atoms with Crippen molar-refractivity contribution in [3.63, 3.8) is 0 Å². The summed E-state index contributed by atoms with van der Waals surface area (Å²) >= 11 is 12.4. The van der Waals surface area contributed by atoms with Gasteiger partial charge < -0.3 is 15.1 Å². The van der Waals surface area contributed by atoms with Crippen molar-refractivity contribution in [1.29, 1.82) is 0 Å². The molecule has 2 saturated heterocycles. The van der Waals surface area contributed by atoms with E-state index in [9.17, 15) is 9.59 Å². The Balaban J connectivity index is 1.11. The monoisotopic (exact) mass is 528 g/mol. The summed E-state index contributed by atoms with van der Waals surface area (Å²) in [4.78, 5) is 31.9. The number of anilines is 1. The molecule has 8 heteroatoms. The predicted molar refractivity (Wildman–Crippen MR) is 145 cm³/mol. The number of carbonyl (C=O) groups is 2. The van der Waals surface area contributed by atoms with Gasteiger partial charge in [-0.25, -0.2) is 0 Å². The highest BCUT2D eigenvalue weighted by Crippen LogP contribution is 2.46. The van der Waals surface area contributed by atoms with Crippen molar-refractivity contribution in [2.45, 2.75) is 49.6 Å². The molecule has 0 atom stereocenters. The van der Waals surface area contributed by atoms with Gasteiger partial charge >= 0.3 is 0 Å². The molecule has 6 nitrogen and oxygen atoms in total. The summed E-state index contributed by atoms with van der Waals surface area (Å²) in [5.41, 5.74) is 2.22. The molecule has 3 fully saturated rings. The van der Waals surface area contributed by atoms with E-state index in [1.807, 2.05) is 36.4 Å². The summed E-state index contributed by atoms with van der Waals surface area (Å²) in [7, 11) is 3.44. The highest BCUT2D eigenvalue weighted by Gasteiger charge is 2.48. The van der Waals surface area contributed by atoms with Crippen LogP contribution in [-0.2, 0) is 10.2 Å². The van der Waals surface area contributed by atoms with Crippen molar-refractivity contribution in [1.82, 2.24) is 14.7 Å². The summed E-state index contributed by atoms with van der Waals surface area (Å²) in [5.74, 6) is 0.202. The number of benzene rings is 2. The molecule has 0 unspecified atom stereocenters. The molecule has 1 saturated carbocycles. The third-order valence-corrected chi connectivity index (χ3v) is 8.73. The summed E-state index contributed by atoms with van der Waals surface area (Å²) in [6, 6.07) is 14.3. The highest BCUT2D eigenvalue weighted by atomic mass is 35.5. The Kier molecular flexibility index (Phi) is 7.21. The topological polar surface area (TPSA) is 55.9 Å². The van der Waals surface area contributed by atoms with Crippen LogP contribution in [0.4, 0.5) is 5.69 Å². The zero-order valence-electron chi connectivity index (χ0n) is 21.0. The van der Waals surface area contributed by atoms with E-state index in [-0.39, 0.29) is 11.3 Å². The molecule has 1 N–H and O–H groups in total. The summed E-state index contributed by atoms with van der Waals surface area (Å²) in [5, 5.41) is 4.72. The fourth-order valence-corrected chi connectivity index (χ4v) is 6.21. The molecule has 192 valence electrons. The number of likely N-dealkylation sites (tertiary alicyclic amines) is 2. The largest absolute Gasteiger partial charge is 0.380 e. The van der Waals surface area contributed by atoms with Gasteiger partial charge in [0.15, 0.2) is 0 Å². The van der Waals surface area contributed by atoms with Gasteiger partial charge in [-0.1, -0.05) is 41.8 Å². The lowest BCUT2D eigenvalue weighted by molar-refractivity contribution is -0.142. The molecule has 2 aromatic rings. The van der Waals surface area contributed by atoms with Crippen LogP contribution in [0.5, 0.6) is 0 Å². The molecular weight excluding hydrogens is 495 g/mol. The number of piperidine rings is 1. The van der Waals surface area contributed by atoms with Crippen LogP contribution in [0.15, 0.2) is 42.5 Å². The van der Waals surface area contributed by atoms with Crippen LogP contribution in [0.25, 0.3) is 0 Å². The molecule has 2 aromatic carbocycles. The second kappa shape index (κ2) is 10.2. The maximum absolute atomic E-state index is 13.6. The lowest BCUT2D eigenvalue weighted by Crippen LogP contribution is -2.61. The molecule has 36 heavy (non-hydrogen) atoms. The number of hydrogen-bond donors (Lipinski definition) is 1. The second-order valence-electron chi connectivity index (χ2n) is 10.7. The Bertz CT molecular complexity index is 1120. The standard InChI is InChI=1S/C28H34Cl2N4O2/c1-32(2)26(35)24-9-8-21(16-25(24)30)31-22-17-34(18-22)23-10-14-33(15-11-23)27(36)28(12-3-13-28)19-4-6-20(29)7-5-19/h4-9,16,22-23,31H,3,10-15,17-18H2,1-2H3. The van der Waals surface area contributed by atoms with E-state index in [1.165, 1.54) is 4.90 Å².